The number of thiocarbonyl (C=S) groups is 1. The summed E-state index contributed by atoms with van der Waals surface area (Å²) < 4.78 is 0. The van der Waals surface area contributed by atoms with Crippen molar-refractivity contribution in [3.8, 4) is 0 Å². The third-order valence-electron chi connectivity index (χ3n) is 2.27. The first kappa shape index (κ1) is 14.2. The molecule has 0 fully saturated rings. The molecule has 1 unspecified atom stereocenters. The van der Waals surface area contributed by atoms with E-state index in [1.807, 2.05) is 38.4 Å². The van der Waals surface area contributed by atoms with Gasteiger partial charge in [0.05, 0.1) is 0 Å². The van der Waals surface area contributed by atoms with Crippen LogP contribution in [0.3, 0.4) is 0 Å². The molecular weight excluding hydrogens is 250 g/mol. The summed E-state index contributed by atoms with van der Waals surface area (Å²) in [7, 11) is 3.70. The van der Waals surface area contributed by atoms with E-state index in [4.69, 9.17) is 17.3 Å². The lowest BCUT2D eigenvalue weighted by atomic mass is 10.2. The number of nitrogens with one attached hydrogen (secondary N) is 2. The van der Waals surface area contributed by atoms with Gasteiger partial charge in [-0.15, -0.1) is 0 Å². The van der Waals surface area contributed by atoms with E-state index in [2.05, 4.69) is 10.6 Å². The van der Waals surface area contributed by atoms with Crippen LogP contribution in [-0.2, 0) is 4.79 Å². The van der Waals surface area contributed by atoms with Crippen LogP contribution in [-0.4, -0.2) is 41.2 Å². The minimum atomic E-state index is -0.892. The highest BCUT2D eigenvalue weighted by atomic mass is 32.1. The monoisotopic (exact) mass is 267 g/mol. The van der Waals surface area contributed by atoms with Crippen LogP contribution in [0.15, 0.2) is 24.3 Å². The molecular formula is C12H17N3O2S. The Bertz CT molecular complexity index is 449. The summed E-state index contributed by atoms with van der Waals surface area (Å²) >= 11 is 5.13. The zero-order chi connectivity index (χ0) is 13.7. The molecule has 0 aromatic heterocycles. The Balaban J connectivity index is 2.73. The second-order valence-electron chi connectivity index (χ2n) is 4.11. The molecule has 0 heterocycles. The van der Waals surface area contributed by atoms with Crippen molar-refractivity contribution in [1.82, 2.24) is 4.90 Å². The van der Waals surface area contributed by atoms with Gasteiger partial charge in [-0.1, -0.05) is 6.07 Å². The van der Waals surface area contributed by atoms with Crippen molar-refractivity contribution in [2.24, 2.45) is 0 Å². The van der Waals surface area contributed by atoms with Crippen molar-refractivity contribution in [1.29, 1.82) is 0 Å². The average Bonchev–Trinajstić information content (AvgIpc) is 2.29. The van der Waals surface area contributed by atoms with Gasteiger partial charge in [0.15, 0.2) is 5.11 Å². The lowest BCUT2D eigenvalue weighted by Crippen LogP contribution is -2.27. The van der Waals surface area contributed by atoms with Crippen LogP contribution in [0.25, 0.3) is 0 Å². The van der Waals surface area contributed by atoms with Crippen molar-refractivity contribution < 1.29 is 9.90 Å². The Morgan fingerprint density at radius 1 is 1.39 bits per heavy atom. The predicted octanol–water partition coefficient (Wildman–Crippen LogP) is 1.83. The molecule has 18 heavy (non-hydrogen) atoms. The average molecular weight is 267 g/mol. The summed E-state index contributed by atoms with van der Waals surface area (Å²) in [5.41, 5.74) is 1.55. The van der Waals surface area contributed by atoms with Gasteiger partial charge in [-0.2, -0.15) is 0 Å². The second kappa shape index (κ2) is 6.20. The minimum absolute atomic E-state index is 0.596. The molecule has 1 aromatic rings. The van der Waals surface area contributed by atoms with E-state index >= 15 is 0 Å². The highest BCUT2D eigenvalue weighted by molar-refractivity contribution is 7.80. The van der Waals surface area contributed by atoms with Gasteiger partial charge in [-0.05, 0) is 37.3 Å². The van der Waals surface area contributed by atoms with Crippen molar-refractivity contribution >= 4 is 34.7 Å². The zero-order valence-corrected chi connectivity index (χ0v) is 11.4. The first-order valence-electron chi connectivity index (χ1n) is 5.48. The van der Waals surface area contributed by atoms with Crippen LogP contribution < -0.4 is 10.6 Å². The first-order chi connectivity index (χ1) is 8.40. The van der Waals surface area contributed by atoms with E-state index in [0.717, 1.165) is 11.4 Å². The Morgan fingerprint density at radius 3 is 2.56 bits per heavy atom. The van der Waals surface area contributed by atoms with Gasteiger partial charge in [0.2, 0.25) is 0 Å². The standard InChI is InChI=1S/C12H17N3O2S/c1-8(11(16)17)13-9-5-4-6-10(7-9)14-12(18)15(2)3/h4-8,13H,1-3H3,(H,14,18)(H,16,17). The van der Waals surface area contributed by atoms with Gasteiger partial charge in [0, 0.05) is 25.5 Å². The number of carbonyl (C=O) groups is 1. The van der Waals surface area contributed by atoms with E-state index in [1.54, 1.807) is 11.8 Å². The molecule has 0 amide bonds. The summed E-state index contributed by atoms with van der Waals surface area (Å²) in [6, 6.07) is 6.68. The SMILES string of the molecule is CC(Nc1cccc(NC(=S)N(C)C)c1)C(=O)O. The molecule has 1 aromatic carbocycles. The highest BCUT2D eigenvalue weighted by Gasteiger charge is 2.10. The van der Waals surface area contributed by atoms with Crippen molar-refractivity contribution in [3.63, 3.8) is 0 Å². The first-order valence-corrected chi connectivity index (χ1v) is 5.88. The Labute approximate surface area is 112 Å². The molecule has 98 valence electrons. The maximum absolute atomic E-state index is 10.8. The number of nitrogens with zero attached hydrogens (tertiary/aromatic N) is 1. The summed E-state index contributed by atoms with van der Waals surface area (Å²) in [5.74, 6) is -0.892. The van der Waals surface area contributed by atoms with E-state index < -0.39 is 12.0 Å². The van der Waals surface area contributed by atoms with Gasteiger partial charge in [0.25, 0.3) is 0 Å². The molecule has 0 spiro atoms. The van der Waals surface area contributed by atoms with Crippen LogP contribution in [0.1, 0.15) is 6.92 Å². The molecule has 1 atom stereocenters. The molecule has 3 N–H and O–H groups in total. The summed E-state index contributed by atoms with van der Waals surface area (Å²) in [4.78, 5) is 12.5. The van der Waals surface area contributed by atoms with E-state index in [0.29, 0.717) is 5.11 Å². The molecule has 6 heteroatoms. The smallest absolute Gasteiger partial charge is 0.325 e. The Hall–Kier alpha value is -1.82. The van der Waals surface area contributed by atoms with Crippen LogP contribution in [0.5, 0.6) is 0 Å². The molecule has 0 bridgehead atoms. The number of rotatable bonds is 4. The zero-order valence-electron chi connectivity index (χ0n) is 10.6. The van der Waals surface area contributed by atoms with E-state index in [9.17, 15) is 4.79 Å². The molecule has 0 saturated carbocycles. The molecule has 0 saturated heterocycles. The van der Waals surface area contributed by atoms with Crippen LogP contribution in [0.2, 0.25) is 0 Å². The number of carboxylic acids is 1. The lowest BCUT2D eigenvalue weighted by Gasteiger charge is -2.17. The van der Waals surface area contributed by atoms with Crippen molar-refractivity contribution in [3.05, 3.63) is 24.3 Å². The number of hydrogen-bond donors (Lipinski definition) is 3. The predicted molar refractivity (Wildman–Crippen MR) is 77.1 cm³/mol. The summed E-state index contributed by atoms with van der Waals surface area (Å²) in [6.45, 7) is 1.59. The summed E-state index contributed by atoms with van der Waals surface area (Å²) in [6.07, 6.45) is 0. The number of benzene rings is 1. The molecule has 0 aliphatic rings. The molecule has 0 aliphatic heterocycles. The van der Waals surface area contributed by atoms with Crippen molar-refractivity contribution in [2.45, 2.75) is 13.0 Å². The topological polar surface area (TPSA) is 64.6 Å². The van der Waals surface area contributed by atoms with E-state index in [1.165, 1.54) is 0 Å². The minimum Gasteiger partial charge on any atom is -0.480 e. The third-order valence-corrected chi connectivity index (χ3v) is 2.74. The van der Waals surface area contributed by atoms with Gasteiger partial charge in [-0.3, -0.25) is 4.79 Å². The van der Waals surface area contributed by atoms with Gasteiger partial charge < -0.3 is 20.6 Å². The highest BCUT2D eigenvalue weighted by Crippen LogP contribution is 2.16. The number of anilines is 2. The molecule has 5 nitrogen and oxygen atoms in total. The van der Waals surface area contributed by atoms with Gasteiger partial charge in [0.1, 0.15) is 6.04 Å². The third kappa shape index (κ3) is 4.21. The van der Waals surface area contributed by atoms with Gasteiger partial charge >= 0.3 is 5.97 Å². The fourth-order valence-corrected chi connectivity index (χ4v) is 1.35. The molecule has 0 aliphatic carbocycles. The maximum Gasteiger partial charge on any atom is 0.325 e. The Kier molecular flexibility index (Phi) is 4.91. The number of aliphatic carboxylic acids is 1. The largest absolute Gasteiger partial charge is 0.480 e. The fourth-order valence-electron chi connectivity index (χ4n) is 1.23. The number of carboxylic acid groups (broad SMARTS) is 1. The normalized spacial score (nSPS) is 11.5. The van der Waals surface area contributed by atoms with Crippen molar-refractivity contribution in [2.75, 3.05) is 24.7 Å². The van der Waals surface area contributed by atoms with Crippen LogP contribution >= 0.6 is 12.2 Å². The fraction of sp³-hybridized carbons (Fsp3) is 0.333. The molecule has 0 radical (unpaired) electrons. The molecule has 1 rings (SSSR count). The maximum atomic E-state index is 10.8. The van der Waals surface area contributed by atoms with Crippen LogP contribution in [0.4, 0.5) is 11.4 Å². The Morgan fingerprint density at radius 2 is 2.00 bits per heavy atom. The quantitative estimate of drug-likeness (QED) is 0.723. The second-order valence-corrected chi connectivity index (χ2v) is 4.50. The van der Waals surface area contributed by atoms with Crippen LogP contribution in [0, 0.1) is 0 Å². The summed E-state index contributed by atoms with van der Waals surface area (Å²) in [5, 5.41) is 15.4. The van der Waals surface area contributed by atoms with Gasteiger partial charge in [-0.25, -0.2) is 0 Å². The lowest BCUT2D eigenvalue weighted by molar-refractivity contribution is -0.137. The van der Waals surface area contributed by atoms with E-state index in [-0.39, 0.29) is 0 Å². The number of hydrogen-bond acceptors (Lipinski definition) is 3.